The van der Waals surface area contributed by atoms with Gasteiger partial charge in [0.1, 0.15) is 11.9 Å². The molecule has 9 nitrogen and oxygen atoms in total. The van der Waals surface area contributed by atoms with E-state index in [-0.39, 0.29) is 117 Å². The normalized spacial score (nSPS) is 46.0. The number of methoxy groups -OCH3 is 2. The van der Waals surface area contributed by atoms with Crippen molar-refractivity contribution in [3.63, 3.8) is 0 Å². The Hall–Kier alpha value is 0.336. The summed E-state index contributed by atoms with van der Waals surface area (Å²) in [6.45, 7) is 44.7. The van der Waals surface area contributed by atoms with Crippen molar-refractivity contribution in [1.29, 1.82) is 0 Å². The summed E-state index contributed by atoms with van der Waals surface area (Å²) in [5.74, 6) is 5.96. The molecule has 10 aliphatic carbocycles. The number of hydrogen-bond acceptors (Lipinski definition) is 9. The van der Waals surface area contributed by atoms with Crippen molar-refractivity contribution < 1.29 is 95.6 Å². The van der Waals surface area contributed by atoms with Gasteiger partial charge in [0.05, 0.1) is 33.0 Å². The molecule has 82 heavy (non-hydrogen) atoms. The summed E-state index contributed by atoms with van der Waals surface area (Å²) in [4.78, 5) is 21.7. The van der Waals surface area contributed by atoms with E-state index < -0.39 is 5.60 Å². The molecule has 0 aromatic rings. The largest absolute Gasteiger partial charge is 1.00 e. The van der Waals surface area contributed by atoms with Gasteiger partial charge in [-0.05, 0) is 256 Å². The Kier molecular flexibility index (Phi) is 23.4. The SMILES string of the molecule is C.C=C(C)[C@@H]1CC[C@]2(CO)CC[C@]3(C)C(CCC4[C@@]5(C)CC[C@H](O)C(C)(C)C5CC[C@]43C)C12.C=C(C)[C@@H]1CC[C@]2(COCC(=O)OC)CC[C@]3(C)C(CCC4[C@@]5(C)CC[C@H](O)C(C)(C)C5CC[C@]43C)C12.CC(C)(C)[O-].COC(=O)CBr.[K+]. The average Bonchev–Trinajstić information content (AvgIpc) is 2.02. The predicted molar refractivity (Wildman–Crippen MR) is 332 cm³/mol. The monoisotopic (exact) mass is 1240 g/mol. The second-order valence-corrected chi connectivity index (χ2v) is 33.5. The second kappa shape index (κ2) is 26.3. The molecule has 0 spiro atoms. The molecule has 0 radical (unpaired) electrons. The Labute approximate surface area is 553 Å². The van der Waals surface area contributed by atoms with Gasteiger partial charge in [0.15, 0.2) is 0 Å². The molecule has 0 aromatic carbocycles. The van der Waals surface area contributed by atoms with Gasteiger partial charge >= 0.3 is 63.3 Å². The van der Waals surface area contributed by atoms with E-state index in [2.05, 4.69) is 117 Å². The van der Waals surface area contributed by atoms with Crippen molar-refractivity contribution in [2.75, 3.05) is 39.4 Å². The standard InChI is InChI=1S/C33H54O4.C30H50O2.C4H9O.C3H5BrO2.CH4.K/c1-21(2)22-11-16-33(20-37-19-27(35)36-8)18-17-31(6)23(28(22)33)9-10-25-30(5)14-13-26(34)29(3,4)24(30)12-15-32(25,31)7;1-19(2)20-10-15-30(18-31)17-16-28(6)21(25(20)30)8-9-23-27(5)13-12-24(32)26(3,4)22(27)11-14-29(23,28)7;1-4(2,3)5;1-6-3(5)2-4;;/h22-26,28,34H,1,9-20H2,2-8H3;20-25,31-32H,1,8-18H2,2-7H3;1-3H3;2H2,1H3;1H4;/q;;-1;;;+1/t22-,23?,24?,25?,26-,28?,30-,31+,32+,33+;20-,21?,22?,23?,24-,25?,27-,28+,29+,30+;;;;/m00..../s1. The van der Waals surface area contributed by atoms with E-state index in [1.807, 2.05) is 0 Å². The van der Waals surface area contributed by atoms with Crippen LogP contribution in [0.2, 0.25) is 0 Å². The number of halogens is 1. The summed E-state index contributed by atoms with van der Waals surface area (Å²) in [7, 11) is 2.79. The molecular weight excluding hydrogens is 1120 g/mol. The van der Waals surface area contributed by atoms with Crippen molar-refractivity contribution in [3.8, 4) is 0 Å². The van der Waals surface area contributed by atoms with Crippen LogP contribution in [0.15, 0.2) is 24.3 Å². The molecular formula is C71H122BrKO9. The van der Waals surface area contributed by atoms with Crippen molar-refractivity contribution in [2.45, 2.75) is 258 Å². The first-order chi connectivity index (χ1) is 36.9. The topological polar surface area (TPSA) is 146 Å². The molecule has 0 saturated heterocycles. The van der Waals surface area contributed by atoms with Crippen molar-refractivity contribution in [2.24, 2.45) is 113 Å². The maximum absolute atomic E-state index is 11.8. The van der Waals surface area contributed by atoms with Crippen LogP contribution in [0.3, 0.4) is 0 Å². The molecule has 0 aliphatic heterocycles. The zero-order valence-corrected chi connectivity index (χ0v) is 59.7. The van der Waals surface area contributed by atoms with E-state index >= 15 is 0 Å². The van der Waals surface area contributed by atoms with Gasteiger partial charge in [-0.15, -0.1) is 5.60 Å². The first-order valence-corrected chi connectivity index (χ1v) is 33.3. The maximum Gasteiger partial charge on any atom is 1.00 e. The van der Waals surface area contributed by atoms with E-state index in [0.29, 0.717) is 87.1 Å². The molecule has 468 valence electrons. The van der Waals surface area contributed by atoms with Crippen LogP contribution in [0.1, 0.15) is 240 Å². The number of carbonyl (C=O) groups excluding carboxylic acids is 2. The van der Waals surface area contributed by atoms with E-state index in [0.717, 1.165) is 30.6 Å². The van der Waals surface area contributed by atoms with Gasteiger partial charge in [-0.1, -0.05) is 138 Å². The Balaban J connectivity index is 0.000000251. The van der Waals surface area contributed by atoms with Crippen LogP contribution < -0.4 is 56.5 Å². The fourth-order valence-electron chi connectivity index (χ4n) is 23.5. The number of ether oxygens (including phenoxy) is 3. The summed E-state index contributed by atoms with van der Waals surface area (Å²) >= 11 is 2.90. The van der Waals surface area contributed by atoms with Gasteiger partial charge in [-0.2, -0.15) is 0 Å². The number of hydrogen-bond donors (Lipinski definition) is 3. The van der Waals surface area contributed by atoms with E-state index in [1.165, 1.54) is 141 Å². The van der Waals surface area contributed by atoms with Crippen LogP contribution in [0.25, 0.3) is 0 Å². The smallest absolute Gasteiger partial charge is 0.850 e. The number of rotatable bonds is 8. The second-order valence-electron chi connectivity index (χ2n) is 32.9. The van der Waals surface area contributed by atoms with Crippen LogP contribution in [0, 0.1) is 113 Å². The molecule has 10 saturated carbocycles. The quantitative estimate of drug-likeness (QED) is 0.0936. The fourth-order valence-corrected chi connectivity index (χ4v) is 23.8. The van der Waals surface area contributed by atoms with Gasteiger partial charge in [0.25, 0.3) is 0 Å². The molecule has 8 unspecified atom stereocenters. The summed E-state index contributed by atoms with van der Waals surface area (Å²) in [5.41, 5.74) is 4.29. The van der Waals surface area contributed by atoms with Gasteiger partial charge in [0, 0.05) is 6.61 Å². The van der Waals surface area contributed by atoms with Gasteiger partial charge in [0.2, 0.25) is 0 Å². The van der Waals surface area contributed by atoms with Crippen LogP contribution in [0.5, 0.6) is 0 Å². The Morgan fingerprint density at radius 2 is 0.927 bits per heavy atom. The van der Waals surface area contributed by atoms with E-state index in [9.17, 15) is 30.0 Å². The third-order valence-electron chi connectivity index (χ3n) is 27.9. The number of esters is 2. The van der Waals surface area contributed by atoms with Gasteiger partial charge in [-0.25, -0.2) is 4.79 Å². The zero-order valence-electron chi connectivity index (χ0n) is 55.0. The summed E-state index contributed by atoms with van der Waals surface area (Å²) in [5, 5.41) is 42.9. The average molecular weight is 1240 g/mol. The minimum atomic E-state index is -0.750. The molecule has 0 amide bonds. The summed E-state index contributed by atoms with van der Waals surface area (Å²) in [6, 6.07) is 0. The van der Waals surface area contributed by atoms with Crippen LogP contribution in [0.4, 0.5) is 0 Å². The third kappa shape index (κ3) is 12.4. The van der Waals surface area contributed by atoms with E-state index in [1.54, 1.807) is 20.8 Å². The summed E-state index contributed by atoms with van der Waals surface area (Å²) < 4.78 is 15.2. The molecule has 3 N–H and O–H groups in total. The summed E-state index contributed by atoms with van der Waals surface area (Å²) in [6.07, 6.45) is 24.2. The predicted octanol–water partition coefficient (Wildman–Crippen LogP) is 12.5. The molecule has 0 bridgehead atoms. The third-order valence-corrected chi connectivity index (χ3v) is 28.4. The first kappa shape index (κ1) is 73.1. The fraction of sp³-hybridized carbons (Fsp3) is 0.915. The molecule has 10 rings (SSSR count). The molecule has 11 heteroatoms. The van der Waals surface area contributed by atoms with Crippen LogP contribution in [-0.4, -0.2) is 84.4 Å². The molecule has 10 fully saturated rings. The molecule has 10 aliphatic rings. The maximum atomic E-state index is 11.8. The zero-order chi connectivity index (χ0) is 59.8. The minimum absolute atomic E-state index is 0. The van der Waals surface area contributed by atoms with Crippen molar-refractivity contribution in [3.05, 3.63) is 24.3 Å². The molecule has 0 heterocycles. The van der Waals surface area contributed by atoms with E-state index in [4.69, 9.17) is 9.47 Å². The Morgan fingerprint density at radius 3 is 1.28 bits per heavy atom. The van der Waals surface area contributed by atoms with Crippen molar-refractivity contribution in [1.82, 2.24) is 0 Å². The van der Waals surface area contributed by atoms with Crippen molar-refractivity contribution >= 4 is 27.9 Å². The number of fused-ring (bicyclic) bond motifs is 14. The number of aliphatic hydroxyl groups excluding tert-OH is 3. The minimum Gasteiger partial charge on any atom is -0.850 e. The van der Waals surface area contributed by atoms with Gasteiger partial charge in [-0.3, -0.25) is 4.79 Å². The number of aliphatic hydroxyl groups is 3. The Morgan fingerprint density at radius 1 is 0.549 bits per heavy atom. The van der Waals surface area contributed by atoms with Gasteiger partial charge < -0.3 is 34.6 Å². The number of allylic oxidation sites excluding steroid dienone is 2. The van der Waals surface area contributed by atoms with Crippen LogP contribution in [-0.2, 0) is 23.8 Å². The first-order valence-electron chi connectivity index (χ1n) is 32.2. The molecule has 0 aromatic heterocycles. The number of alkyl halides is 1. The molecule has 20 atom stereocenters. The van der Waals surface area contributed by atoms with Crippen LogP contribution >= 0.6 is 15.9 Å². The number of carbonyl (C=O) groups is 2. The Bertz CT molecular complexity index is 2230.